The lowest BCUT2D eigenvalue weighted by atomic mass is 10.1. The number of esters is 1. The molecule has 1 heterocycles. The first-order chi connectivity index (χ1) is 14.8. The van der Waals surface area contributed by atoms with E-state index in [1.54, 1.807) is 54.8 Å². The zero-order valence-corrected chi connectivity index (χ0v) is 18.3. The highest BCUT2D eigenvalue weighted by molar-refractivity contribution is 7.12. The van der Waals surface area contributed by atoms with E-state index >= 15 is 0 Å². The number of nitrogens with one attached hydrogen (secondary N) is 2. The van der Waals surface area contributed by atoms with Crippen LogP contribution in [0.5, 0.6) is 5.75 Å². The van der Waals surface area contributed by atoms with Gasteiger partial charge in [-0.15, -0.1) is 11.3 Å². The fourth-order valence-corrected chi connectivity index (χ4v) is 3.27. The lowest BCUT2D eigenvalue weighted by Crippen LogP contribution is -2.33. The van der Waals surface area contributed by atoms with Crippen molar-refractivity contribution in [1.29, 1.82) is 0 Å². The Morgan fingerprint density at radius 3 is 2.42 bits per heavy atom. The zero-order valence-electron chi connectivity index (χ0n) is 16.0. The minimum absolute atomic E-state index is 0.211. The topological polar surface area (TPSA) is 96.9 Å². The van der Waals surface area contributed by atoms with Crippen LogP contribution in [0, 0.1) is 0 Å². The number of rotatable bonds is 5. The summed E-state index contributed by atoms with van der Waals surface area (Å²) < 4.78 is 5.29. The van der Waals surface area contributed by atoms with Crippen molar-refractivity contribution < 1.29 is 19.1 Å². The van der Waals surface area contributed by atoms with E-state index in [2.05, 4.69) is 15.8 Å². The summed E-state index contributed by atoms with van der Waals surface area (Å²) in [6, 6.07) is 14.5. The summed E-state index contributed by atoms with van der Waals surface area (Å²) in [4.78, 5) is 36.5. The standard InChI is InChI=1S/C21H15Cl2N3O4S/c1-12(13-4-7-15(8-5-13)30-21(29)18-3-2-10-31-18)25-26-20(28)19(27)24-17-11-14(22)6-9-16(17)23/h2-11H,1H3,(H,24,27)(H,26,28)/b25-12+. The number of hydrogen-bond acceptors (Lipinski definition) is 6. The smallest absolute Gasteiger partial charge is 0.353 e. The molecule has 10 heteroatoms. The van der Waals surface area contributed by atoms with Gasteiger partial charge in [0.1, 0.15) is 10.6 Å². The minimum atomic E-state index is -0.975. The molecule has 2 aromatic carbocycles. The van der Waals surface area contributed by atoms with Crippen molar-refractivity contribution in [2.75, 3.05) is 5.32 Å². The maximum atomic E-state index is 12.0. The number of hydrazone groups is 1. The second-order valence-electron chi connectivity index (χ2n) is 6.11. The monoisotopic (exact) mass is 475 g/mol. The summed E-state index contributed by atoms with van der Waals surface area (Å²) in [5.41, 5.74) is 3.49. The molecular weight excluding hydrogens is 461 g/mol. The van der Waals surface area contributed by atoms with Crippen LogP contribution in [0.3, 0.4) is 0 Å². The Morgan fingerprint density at radius 2 is 1.74 bits per heavy atom. The summed E-state index contributed by atoms with van der Waals surface area (Å²) in [5.74, 6) is -1.99. The van der Waals surface area contributed by atoms with E-state index in [1.165, 1.54) is 23.5 Å². The van der Waals surface area contributed by atoms with E-state index in [1.807, 2.05) is 0 Å². The maximum absolute atomic E-state index is 12.0. The van der Waals surface area contributed by atoms with Crippen LogP contribution in [0.4, 0.5) is 5.69 Å². The SMILES string of the molecule is C/C(=N\NC(=O)C(=O)Nc1cc(Cl)ccc1Cl)c1ccc(OC(=O)c2cccs2)cc1. The van der Waals surface area contributed by atoms with Crippen LogP contribution < -0.4 is 15.5 Å². The molecule has 0 aliphatic carbocycles. The lowest BCUT2D eigenvalue weighted by Gasteiger charge is -2.07. The highest BCUT2D eigenvalue weighted by Gasteiger charge is 2.15. The molecule has 3 rings (SSSR count). The number of amides is 2. The zero-order chi connectivity index (χ0) is 22.4. The molecule has 2 amide bonds. The van der Waals surface area contributed by atoms with Gasteiger partial charge in [0.05, 0.1) is 16.4 Å². The van der Waals surface area contributed by atoms with E-state index in [4.69, 9.17) is 27.9 Å². The minimum Gasteiger partial charge on any atom is -0.422 e. The third-order valence-corrected chi connectivity index (χ3v) is 5.33. The summed E-state index contributed by atoms with van der Waals surface area (Å²) in [5, 5.41) is 8.68. The van der Waals surface area contributed by atoms with Gasteiger partial charge in [-0.1, -0.05) is 29.3 Å². The molecule has 0 unspecified atom stereocenters. The van der Waals surface area contributed by atoms with Gasteiger partial charge in [-0.05, 0) is 66.4 Å². The molecule has 0 radical (unpaired) electrons. The summed E-state index contributed by atoms with van der Waals surface area (Å²) in [7, 11) is 0. The first-order valence-electron chi connectivity index (χ1n) is 8.80. The molecule has 0 bridgehead atoms. The molecule has 0 aliphatic rings. The van der Waals surface area contributed by atoms with Gasteiger partial charge in [0.15, 0.2) is 0 Å². The number of anilines is 1. The van der Waals surface area contributed by atoms with Gasteiger partial charge < -0.3 is 10.1 Å². The Kier molecular flexibility index (Phi) is 7.41. The van der Waals surface area contributed by atoms with Gasteiger partial charge in [-0.25, -0.2) is 10.2 Å². The van der Waals surface area contributed by atoms with Gasteiger partial charge in [0, 0.05) is 5.02 Å². The quantitative estimate of drug-likeness (QED) is 0.183. The lowest BCUT2D eigenvalue weighted by molar-refractivity contribution is -0.136. The molecule has 158 valence electrons. The highest BCUT2D eigenvalue weighted by atomic mass is 35.5. The van der Waals surface area contributed by atoms with Crippen LogP contribution in [0.15, 0.2) is 65.1 Å². The number of nitrogens with zero attached hydrogens (tertiary/aromatic N) is 1. The molecule has 31 heavy (non-hydrogen) atoms. The molecule has 7 nitrogen and oxygen atoms in total. The van der Waals surface area contributed by atoms with E-state index in [0.717, 1.165) is 0 Å². The molecular formula is C21H15Cl2N3O4S. The van der Waals surface area contributed by atoms with Crippen LogP contribution >= 0.6 is 34.5 Å². The van der Waals surface area contributed by atoms with Gasteiger partial charge in [0.2, 0.25) is 0 Å². The number of carbonyl (C=O) groups excluding carboxylic acids is 3. The fourth-order valence-electron chi connectivity index (χ4n) is 2.34. The number of ether oxygens (including phenoxy) is 1. The van der Waals surface area contributed by atoms with Crippen molar-refractivity contribution in [3.8, 4) is 5.75 Å². The van der Waals surface area contributed by atoms with Crippen LogP contribution in [0.1, 0.15) is 22.2 Å². The normalized spacial score (nSPS) is 11.0. The van der Waals surface area contributed by atoms with E-state index in [9.17, 15) is 14.4 Å². The number of thiophene rings is 1. The number of halogens is 2. The average molecular weight is 476 g/mol. The molecule has 0 saturated carbocycles. The average Bonchev–Trinajstić information content (AvgIpc) is 3.30. The largest absolute Gasteiger partial charge is 0.422 e. The van der Waals surface area contributed by atoms with Crippen LogP contribution in [-0.2, 0) is 9.59 Å². The molecule has 0 spiro atoms. The van der Waals surface area contributed by atoms with Crippen LogP contribution in [0.25, 0.3) is 0 Å². The van der Waals surface area contributed by atoms with E-state index in [0.29, 0.717) is 26.9 Å². The molecule has 0 saturated heterocycles. The third-order valence-electron chi connectivity index (χ3n) is 3.91. The molecule has 0 atom stereocenters. The molecule has 0 fully saturated rings. The molecule has 0 aliphatic heterocycles. The van der Waals surface area contributed by atoms with Crippen LogP contribution in [-0.4, -0.2) is 23.5 Å². The Morgan fingerprint density at radius 1 is 1.00 bits per heavy atom. The predicted molar refractivity (Wildman–Crippen MR) is 121 cm³/mol. The van der Waals surface area contributed by atoms with Crippen molar-refractivity contribution in [3.05, 3.63) is 80.5 Å². The van der Waals surface area contributed by atoms with E-state index in [-0.39, 0.29) is 10.7 Å². The number of benzene rings is 2. The second kappa shape index (κ2) is 10.2. The Bertz CT molecular complexity index is 1150. The Labute approximate surface area is 191 Å². The first-order valence-corrected chi connectivity index (χ1v) is 10.4. The van der Waals surface area contributed by atoms with Gasteiger partial charge in [-0.2, -0.15) is 5.10 Å². The fraction of sp³-hybridized carbons (Fsp3) is 0.0476. The van der Waals surface area contributed by atoms with E-state index < -0.39 is 17.8 Å². The van der Waals surface area contributed by atoms with Gasteiger partial charge in [-0.3, -0.25) is 9.59 Å². The second-order valence-corrected chi connectivity index (χ2v) is 7.90. The van der Waals surface area contributed by atoms with Crippen molar-refractivity contribution in [2.45, 2.75) is 6.92 Å². The summed E-state index contributed by atoms with van der Waals surface area (Å²) in [6.07, 6.45) is 0. The summed E-state index contributed by atoms with van der Waals surface area (Å²) in [6.45, 7) is 1.65. The molecule has 3 aromatic rings. The van der Waals surface area contributed by atoms with Gasteiger partial charge in [0.25, 0.3) is 0 Å². The number of hydrogen-bond donors (Lipinski definition) is 2. The molecule has 2 N–H and O–H groups in total. The van der Waals surface area contributed by atoms with Crippen molar-refractivity contribution >= 4 is 63.7 Å². The van der Waals surface area contributed by atoms with Crippen molar-refractivity contribution in [1.82, 2.24) is 5.43 Å². The third kappa shape index (κ3) is 6.14. The molecule has 1 aromatic heterocycles. The Hall–Kier alpha value is -3.20. The maximum Gasteiger partial charge on any atom is 0.353 e. The first kappa shape index (κ1) is 22.5. The summed E-state index contributed by atoms with van der Waals surface area (Å²) >= 11 is 13.1. The van der Waals surface area contributed by atoms with Gasteiger partial charge >= 0.3 is 17.8 Å². The highest BCUT2D eigenvalue weighted by Crippen LogP contribution is 2.25. The van der Waals surface area contributed by atoms with Crippen molar-refractivity contribution in [2.24, 2.45) is 5.10 Å². The predicted octanol–water partition coefficient (Wildman–Crippen LogP) is 4.75. The van der Waals surface area contributed by atoms with Crippen LogP contribution in [0.2, 0.25) is 10.0 Å². The Balaban J connectivity index is 1.58. The van der Waals surface area contributed by atoms with Crippen molar-refractivity contribution in [3.63, 3.8) is 0 Å². The number of carbonyl (C=O) groups is 3.